The number of rotatable bonds is 7. The number of hydrogen-bond donors (Lipinski definition) is 2. The molecular weight excluding hydrogens is 220 g/mol. The highest BCUT2D eigenvalue weighted by Gasteiger charge is 2.04. The van der Waals surface area contributed by atoms with Crippen molar-refractivity contribution in [1.29, 1.82) is 0 Å². The van der Waals surface area contributed by atoms with Gasteiger partial charge in [-0.3, -0.25) is 10.1 Å². The van der Waals surface area contributed by atoms with Crippen LogP contribution in [0.25, 0.3) is 0 Å². The molecule has 5 nitrogen and oxygen atoms in total. The number of alkyl halides is 1. The van der Waals surface area contributed by atoms with E-state index in [0.29, 0.717) is 13.2 Å². The van der Waals surface area contributed by atoms with E-state index < -0.39 is 11.9 Å². The average molecular weight is 237 g/mol. The van der Waals surface area contributed by atoms with E-state index in [1.807, 2.05) is 6.92 Å². The summed E-state index contributed by atoms with van der Waals surface area (Å²) in [5.74, 6) is -0.719. The van der Waals surface area contributed by atoms with Crippen molar-refractivity contribution in [1.82, 2.24) is 10.6 Å². The predicted molar refractivity (Wildman–Crippen MR) is 58.0 cm³/mol. The van der Waals surface area contributed by atoms with E-state index in [-0.39, 0.29) is 5.88 Å². The van der Waals surface area contributed by atoms with Crippen molar-refractivity contribution in [2.75, 3.05) is 25.6 Å². The minimum atomic E-state index is -0.517. The van der Waals surface area contributed by atoms with Crippen molar-refractivity contribution < 1.29 is 14.3 Å². The van der Waals surface area contributed by atoms with Gasteiger partial charge in [-0.25, -0.2) is 4.79 Å². The summed E-state index contributed by atoms with van der Waals surface area (Å²) >= 11 is 5.20. The van der Waals surface area contributed by atoms with Gasteiger partial charge in [-0.2, -0.15) is 0 Å². The van der Waals surface area contributed by atoms with Crippen LogP contribution in [0.2, 0.25) is 0 Å². The summed E-state index contributed by atoms with van der Waals surface area (Å²) in [6.45, 7) is 3.85. The molecule has 0 saturated carbocycles. The Labute approximate surface area is 94.5 Å². The maximum Gasteiger partial charge on any atom is 0.321 e. The van der Waals surface area contributed by atoms with Gasteiger partial charge in [0.25, 0.3) is 0 Å². The topological polar surface area (TPSA) is 67.4 Å². The second-order valence-electron chi connectivity index (χ2n) is 2.90. The zero-order valence-electron chi connectivity index (χ0n) is 8.85. The molecule has 0 aromatic heterocycles. The molecular formula is C9H17ClN2O3. The number of carbonyl (C=O) groups is 2. The zero-order chi connectivity index (χ0) is 11.5. The maximum atomic E-state index is 11.0. The lowest BCUT2D eigenvalue weighted by Gasteiger charge is -2.05. The summed E-state index contributed by atoms with van der Waals surface area (Å²) in [6.07, 6.45) is 1.71. The van der Waals surface area contributed by atoms with Gasteiger partial charge in [-0.05, 0) is 12.8 Å². The lowest BCUT2D eigenvalue weighted by Crippen LogP contribution is -2.40. The lowest BCUT2D eigenvalue weighted by molar-refractivity contribution is -0.117. The number of ether oxygens (including phenoxy) is 1. The molecule has 0 radical (unpaired) electrons. The van der Waals surface area contributed by atoms with Crippen LogP contribution in [0.1, 0.15) is 19.8 Å². The Hall–Kier alpha value is -0.810. The maximum absolute atomic E-state index is 11.0. The molecule has 0 heterocycles. The first-order valence-corrected chi connectivity index (χ1v) is 5.45. The minimum Gasteiger partial charge on any atom is -0.381 e. The summed E-state index contributed by atoms with van der Waals surface area (Å²) in [5.41, 5.74) is 0. The minimum absolute atomic E-state index is 0.215. The highest BCUT2D eigenvalue weighted by Crippen LogP contribution is 1.84. The normalized spacial score (nSPS) is 9.73. The van der Waals surface area contributed by atoms with E-state index in [0.717, 1.165) is 19.4 Å². The van der Waals surface area contributed by atoms with E-state index >= 15 is 0 Å². The van der Waals surface area contributed by atoms with Gasteiger partial charge < -0.3 is 10.1 Å². The molecule has 0 spiro atoms. The van der Waals surface area contributed by atoms with E-state index in [4.69, 9.17) is 16.3 Å². The molecule has 3 amide bonds. The van der Waals surface area contributed by atoms with Gasteiger partial charge >= 0.3 is 6.03 Å². The third-order valence-electron chi connectivity index (χ3n) is 1.47. The Morgan fingerprint density at radius 2 is 2.07 bits per heavy atom. The van der Waals surface area contributed by atoms with E-state index in [2.05, 4.69) is 10.6 Å². The Bertz CT molecular complexity index is 200. The molecule has 0 aliphatic rings. The van der Waals surface area contributed by atoms with Gasteiger partial charge in [-0.15, -0.1) is 11.6 Å². The van der Waals surface area contributed by atoms with Crippen molar-refractivity contribution in [3.63, 3.8) is 0 Å². The molecule has 0 saturated heterocycles. The van der Waals surface area contributed by atoms with Crippen molar-refractivity contribution in [3.05, 3.63) is 0 Å². The van der Waals surface area contributed by atoms with Crippen molar-refractivity contribution in [2.24, 2.45) is 0 Å². The first-order chi connectivity index (χ1) is 7.20. The number of carbonyl (C=O) groups excluding carboxylic acids is 2. The summed E-state index contributed by atoms with van der Waals surface area (Å²) < 4.78 is 5.21. The molecule has 0 aliphatic heterocycles. The SMILES string of the molecule is CCCOCCCNC(=O)NC(=O)CCl. The second kappa shape index (κ2) is 9.73. The number of hydrogen-bond acceptors (Lipinski definition) is 3. The summed E-state index contributed by atoms with van der Waals surface area (Å²) in [6, 6.07) is -0.517. The summed E-state index contributed by atoms with van der Waals surface area (Å²) in [4.78, 5) is 21.6. The number of urea groups is 1. The summed E-state index contributed by atoms with van der Waals surface area (Å²) in [7, 11) is 0. The quantitative estimate of drug-likeness (QED) is 0.509. The monoisotopic (exact) mass is 236 g/mol. The molecule has 0 fully saturated rings. The fourth-order valence-corrected chi connectivity index (χ4v) is 0.894. The van der Waals surface area contributed by atoms with Gasteiger partial charge in [0.05, 0.1) is 0 Å². The van der Waals surface area contributed by atoms with Crippen LogP contribution in [-0.2, 0) is 9.53 Å². The molecule has 0 aliphatic carbocycles. The fraction of sp³-hybridized carbons (Fsp3) is 0.778. The van der Waals surface area contributed by atoms with Gasteiger partial charge in [0.15, 0.2) is 0 Å². The van der Waals surface area contributed by atoms with Crippen molar-refractivity contribution in [2.45, 2.75) is 19.8 Å². The predicted octanol–water partition coefficient (Wildman–Crippen LogP) is 0.868. The Kier molecular flexibility index (Phi) is 9.21. The number of imide groups is 1. The molecule has 0 aromatic carbocycles. The van der Waals surface area contributed by atoms with Crippen LogP contribution in [0.4, 0.5) is 4.79 Å². The molecule has 0 unspecified atom stereocenters. The molecule has 88 valence electrons. The van der Waals surface area contributed by atoms with E-state index in [9.17, 15) is 9.59 Å². The standard InChI is InChI=1S/C9H17ClN2O3/c1-2-5-15-6-3-4-11-9(14)12-8(13)7-10/h2-7H2,1H3,(H2,11,12,13,14). The van der Waals surface area contributed by atoms with Crippen LogP contribution in [0.5, 0.6) is 0 Å². The zero-order valence-corrected chi connectivity index (χ0v) is 9.60. The summed E-state index contributed by atoms with van der Waals surface area (Å²) in [5, 5.41) is 4.59. The molecule has 0 bridgehead atoms. The molecule has 6 heteroatoms. The molecule has 2 N–H and O–H groups in total. The highest BCUT2D eigenvalue weighted by molar-refractivity contribution is 6.28. The number of halogens is 1. The van der Waals surface area contributed by atoms with Crippen LogP contribution in [0.15, 0.2) is 0 Å². The Morgan fingerprint density at radius 3 is 2.67 bits per heavy atom. The molecule has 0 aromatic rings. The van der Waals surface area contributed by atoms with Crippen molar-refractivity contribution in [3.8, 4) is 0 Å². The number of nitrogens with one attached hydrogen (secondary N) is 2. The highest BCUT2D eigenvalue weighted by atomic mass is 35.5. The van der Waals surface area contributed by atoms with E-state index in [1.165, 1.54) is 0 Å². The van der Waals surface area contributed by atoms with Gasteiger partial charge in [0.2, 0.25) is 5.91 Å². The van der Waals surface area contributed by atoms with Crippen molar-refractivity contribution >= 4 is 23.5 Å². The first kappa shape index (κ1) is 14.2. The van der Waals surface area contributed by atoms with Gasteiger partial charge in [0.1, 0.15) is 5.88 Å². The Balaban J connectivity index is 3.28. The van der Waals surface area contributed by atoms with Gasteiger partial charge in [-0.1, -0.05) is 6.92 Å². The Morgan fingerprint density at radius 1 is 1.33 bits per heavy atom. The lowest BCUT2D eigenvalue weighted by atomic mass is 10.4. The van der Waals surface area contributed by atoms with Crippen LogP contribution in [0.3, 0.4) is 0 Å². The van der Waals surface area contributed by atoms with Crippen LogP contribution >= 0.6 is 11.6 Å². The first-order valence-electron chi connectivity index (χ1n) is 4.92. The third kappa shape index (κ3) is 9.49. The van der Waals surface area contributed by atoms with Crippen LogP contribution in [0, 0.1) is 0 Å². The van der Waals surface area contributed by atoms with E-state index in [1.54, 1.807) is 0 Å². The fourth-order valence-electron chi connectivity index (χ4n) is 0.827. The second-order valence-corrected chi connectivity index (χ2v) is 3.17. The molecule has 0 rings (SSSR count). The van der Waals surface area contributed by atoms with Crippen LogP contribution in [-0.4, -0.2) is 37.6 Å². The smallest absolute Gasteiger partial charge is 0.321 e. The largest absolute Gasteiger partial charge is 0.381 e. The van der Waals surface area contributed by atoms with Crippen LogP contribution < -0.4 is 10.6 Å². The third-order valence-corrected chi connectivity index (χ3v) is 1.72. The average Bonchev–Trinajstić information content (AvgIpc) is 2.23. The molecule has 15 heavy (non-hydrogen) atoms. The number of amides is 3. The molecule has 0 atom stereocenters. The van der Waals surface area contributed by atoms with Gasteiger partial charge in [0, 0.05) is 19.8 Å².